The summed E-state index contributed by atoms with van der Waals surface area (Å²) in [6, 6.07) is 4.07. The summed E-state index contributed by atoms with van der Waals surface area (Å²) in [5.74, 6) is -0.755. The minimum Gasteiger partial charge on any atom is -0.507 e. The number of aromatic nitrogens is 2. The fraction of sp³-hybridized carbons (Fsp3) is 0.176. The van der Waals surface area contributed by atoms with E-state index < -0.39 is 11.8 Å². The third-order valence-corrected chi connectivity index (χ3v) is 5.20. The zero-order valence-electron chi connectivity index (χ0n) is 14.2. The van der Waals surface area contributed by atoms with Crippen molar-refractivity contribution in [1.29, 1.82) is 0 Å². The first kappa shape index (κ1) is 18.1. The van der Waals surface area contributed by atoms with Gasteiger partial charge < -0.3 is 5.11 Å². The zero-order chi connectivity index (χ0) is 19.0. The molecule has 0 aliphatic rings. The molecule has 0 spiro atoms. The smallest absolute Gasteiger partial charge is 0.280 e. The minimum absolute atomic E-state index is 0.0387. The molecule has 0 aliphatic heterocycles. The number of phenolic OH excluding ortho intramolecular Hbond substituents is 1. The number of halogens is 1. The molecular weight excluding hydrogens is 376 g/mol. The predicted octanol–water partition coefficient (Wildman–Crippen LogP) is 3.05. The number of phenols is 1. The molecule has 3 aromatic rings. The van der Waals surface area contributed by atoms with Gasteiger partial charge in [0.15, 0.2) is 0 Å². The minimum atomic E-state index is -0.677. The first-order chi connectivity index (χ1) is 12.3. The van der Waals surface area contributed by atoms with Crippen molar-refractivity contribution in [3.8, 4) is 5.75 Å². The summed E-state index contributed by atoms with van der Waals surface area (Å²) in [4.78, 5) is 34.4. The highest BCUT2D eigenvalue weighted by Crippen LogP contribution is 2.31. The fourth-order valence-corrected chi connectivity index (χ4v) is 3.96. The van der Waals surface area contributed by atoms with E-state index in [0.29, 0.717) is 15.7 Å². The summed E-state index contributed by atoms with van der Waals surface area (Å²) in [7, 11) is 0. The second kappa shape index (κ2) is 6.89. The van der Waals surface area contributed by atoms with Crippen LogP contribution in [-0.2, 0) is 0 Å². The molecule has 134 valence electrons. The number of hydrogen-bond acceptors (Lipinski definition) is 6. The summed E-state index contributed by atoms with van der Waals surface area (Å²) < 4.78 is 0. The van der Waals surface area contributed by atoms with Gasteiger partial charge in [-0.05, 0) is 44.5 Å². The van der Waals surface area contributed by atoms with E-state index in [1.165, 1.54) is 29.5 Å². The van der Waals surface area contributed by atoms with Gasteiger partial charge in [0.05, 0.1) is 10.4 Å². The van der Waals surface area contributed by atoms with E-state index in [0.717, 1.165) is 21.5 Å². The number of carbonyl (C=O) groups excluding carboxylic acids is 2. The maximum Gasteiger partial charge on any atom is 0.280 e. The summed E-state index contributed by atoms with van der Waals surface area (Å²) >= 11 is 7.05. The predicted molar refractivity (Wildman–Crippen MR) is 99.7 cm³/mol. The highest BCUT2D eigenvalue weighted by atomic mass is 35.5. The lowest BCUT2D eigenvalue weighted by atomic mass is 10.1. The van der Waals surface area contributed by atoms with Gasteiger partial charge in [0.2, 0.25) is 0 Å². The number of nitrogens with one attached hydrogen (secondary N) is 2. The fourth-order valence-electron chi connectivity index (χ4n) is 2.62. The summed E-state index contributed by atoms with van der Waals surface area (Å²) in [5.41, 5.74) is 6.14. The van der Waals surface area contributed by atoms with Crippen LogP contribution in [0, 0.1) is 20.8 Å². The molecule has 2 aromatic heterocycles. The monoisotopic (exact) mass is 390 g/mol. The van der Waals surface area contributed by atoms with Crippen molar-refractivity contribution in [2.75, 3.05) is 0 Å². The van der Waals surface area contributed by atoms with Gasteiger partial charge in [-0.2, -0.15) is 0 Å². The second-order valence-electron chi connectivity index (χ2n) is 5.66. The lowest BCUT2D eigenvalue weighted by molar-refractivity contribution is 0.0847. The zero-order valence-corrected chi connectivity index (χ0v) is 15.7. The molecule has 0 bridgehead atoms. The van der Waals surface area contributed by atoms with Crippen molar-refractivity contribution in [2.24, 2.45) is 0 Å². The first-order valence-corrected chi connectivity index (χ1v) is 8.81. The van der Waals surface area contributed by atoms with Crippen LogP contribution in [0.3, 0.4) is 0 Å². The number of aryl methyl sites for hydroxylation is 3. The molecule has 0 aliphatic carbocycles. The van der Waals surface area contributed by atoms with Gasteiger partial charge >= 0.3 is 0 Å². The highest BCUT2D eigenvalue weighted by molar-refractivity contribution is 7.20. The van der Waals surface area contributed by atoms with Crippen molar-refractivity contribution in [3.05, 3.63) is 50.7 Å². The molecule has 2 heterocycles. The van der Waals surface area contributed by atoms with E-state index in [1.807, 2.05) is 13.8 Å². The van der Waals surface area contributed by atoms with Crippen LogP contribution in [-0.4, -0.2) is 26.9 Å². The van der Waals surface area contributed by atoms with Crippen molar-refractivity contribution >= 4 is 45.0 Å². The number of amides is 2. The Balaban J connectivity index is 1.81. The Morgan fingerprint density at radius 1 is 1.12 bits per heavy atom. The average molecular weight is 391 g/mol. The van der Waals surface area contributed by atoms with E-state index >= 15 is 0 Å². The van der Waals surface area contributed by atoms with Gasteiger partial charge in [-0.15, -0.1) is 11.3 Å². The molecule has 3 rings (SSSR count). The summed E-state index contributed by atoms with van der Waals surface area (Å²) in [6.45, 7) is 5.46. The number of thiophene rings is 1. The summed E-state index contributed by atoms with van der Waals surface area (Å²) in [6.07, 6.45) is 0. The number of benzene rings is 1. The molecule has 2 amide bonds. The summed E-state index contributed by atoms with van der Waals surface area (Å²) in [5, 5.41) is 10.9. The van der Waals surface area contributed by atoms with Crippen LogP contribution in [0.1, 0.15) is 37.1 Å². The van der Waals surface area contributed by atoms with Crippen LogP contribution in [0.15, 0.2) is 18.2 Å². The van der Waals surface area contributed by atoms with Crippen LogP contribution >= 0.6 is 22.9 Å². The Bertz CT molecular complexity index is 1050. The van der Waals surface area contributed by atoms with Crippen molar-refractivity contribution in [3.63, 3.8) is 0 Å². The standard InChI is InChI=1S/C17H15ClN4O3S/c1-7-13-8(2)19-9(3)20-17(13)26-14(7)16(25)22-21-15(24)11-6-10(18)4-5-12(11)23/h4-6,23H,1-3H3,(H,21,24)(H,22,25). The SMILES string of the molecule is Cc1nc(C)c2c(C)c(C(=O)NNC(=O)c3cc(Cl)ccc3O)sc2n1. The molecular formula is C17H15ClN4O3S. The molecule has 0 fully saturated rings. The van der Waals surface area contributed by atoms with Crippen LogP contribution in [0.2, 0.25) is 5.02 Å². The Morgan fingerprint density at radius 2 is 1.81 bits per heavy atom. The number of rotatable bonds is 2. The number of carbonyl (C=O) groups is 2. The van der Waals surface area contributed by atoms with E-state index in [4.69, 9.17) is 11.6 Å². The first-order valence-electron chi connectivity index (χ1n) is 7.61. The normalized spacial score (nSPS) is 10.8. The lowest BCUT2D eigenvalue weighted by Crippen LogP contribution is -2.41. The van der Waals surface area contributed by atoms with Crippen molar-refractivity contribution < 1.29 is 14.7 Å². The Labute approximate surface area is 158 Å². The quantitative estimate of drug-likeness (QED) is 0.583. The molecule has 0 saturated carbocycles. The van der Waals surface area contributed by atoms with E-state index in [-0.39, 0.29) is 11.3 Å². The topological polar surface area (TPSA) is 104 Å². The van der Waals surface area contributed by atoms with Crippen LogP contribution < -0.4 is 10.9 Å². The van der Waals surface area contributed by atoms with Crippen LogP contribution in [0.5, 0.6) is 5.75 Å². The molecule has 0 radical (unpaired) electrons. The lowest BCUT2D eigenvalue weighted by Gasteiger charge is -2.08. The Morgan fingerprint density at radius 3 is 2.54 bits per heavy atom. The molecule has 1 aromatic carbocycles. The second-order valence-corrected chi connectivity index (χ2v) is 7.10. The van der Waals surface area contributed by atoms with Crippen LogP contribution in [0.25, 0.3) is 10.2 Å². The van der Waals surface area contributed by atoms with Gasteiger partial charge in [0, 0.05) is 16.1 Å². The number of hydrogen-bond donors (Lipinski definition) is 3. The third-order valence-electron chi connectivity index (χ3n) is 3.78. The van der Waals surface area contributed by atoms with E-state index in [9.17, 15) is 14.7 Å². The van der Waals surface area contributed by atoms with Crippen molar-refractivity contribution in [1.82, 2.24) is 20.8 Å². The van der Waals surface area contributed by atoms with Crippen LogP contribution in [0.4, 0.5) is 0 Å². The maximum atomic E-state index is 12.5. The number of hydrazine groups is 1. The van der Waals surface area contributed by atoms with Gasteiger partial charge in [0.1, 0.15) is 16.4 Å². The molecule has 0 unspecified atom stereocenters. The Kier molecular flexibility index (Phi) is 4.80. The molecule has 26 heavy (non-hydrogen) atoms. The third kappa shape index (κ3) is 3.33. The largest absolute Gasteiger partial charge is 0.507 e. The average Bonchev–Trinajstić information content (AvgIpc) is 2.91. The Hall–Kier alpha value is -2.71. The molecule has 7 nitrogen and oxygen atoms in total. The highest BCUT2D eigenvalue weighted by Gasteiger charge is 2.20. The molecule has 9 heteroatoms. The van der Waals surface area contributed by atoms with Crippen molar-refractivity contribution in [2.45, 2.75) is 20.8 Å². The van der Waals surface area contributed by atoms with E-state index in [1.54, 1.807) is 6.92 Å². The van der Waals surface area contributed by atoms with Gasteiger partial charge in [0.25, 0.3) is 11.8 Å². The number of aromatic hydroxyl groups is 1. The molecule has 0 saturated heterocycles. The van der Waals surface area contributed by atoms with E-state index in [2.05, 4.69) is 20.8 Å². The number of fused-ring (bicyclic) bond motifs is 1. The van der Waals surface area contributed by atoms with Gasteiger partial charge in [-0.1, -0.05) is 11.6 Å². The van der Waals surface area contributed by atoms with Gasteiger partial charge in [-0.25, -0.2) is 9.97 Å². The van der Waals surface area contributed by atoms with Gasteiger partial charge in [-0.3, -0.25) is 20.4 Å². The maximum absolute atomic E-state index is 12.5. The molecule has 3 N–H and O–H groups in total. The number of nitrogens with zero attached hydrogens (tertiary/aromatic N) is 2. The molecule has 0 atom stereocenters.